The molecule has 0 aliphatic carbocycles. The van der Waals surface area contributed by atoms with Gasteiger partial charge in [0.15, 0.2) is 0 Å². The number of rotatable bonds is 5. The summed E-state index contributed by atoms with van der Waals surface area (Å²) in [4.78, 5) is 25.1. The summed E-state index contributed by atoms with van der Waals surface area (Å²) in [7, 11) is 0. The van der Waals surface area contributed by atoms with E-state index in [2.05, 4.69) is 13.8 Å². The van der Waals surface area contributed by atoms with Gasteiger partial charge in [-0.15, -0.1) is 0 Å². The van der Waals surface area contributed by atoms with Gasteiger partial charge in [0.05, 0.1) is 12.5 Å². The Labute approximate surface area is 113 Å². The number of hydrogen-bond acceptors (Lipinski definition) is 3. The summed E-state index contributed by atoms with van der Waals surface area (Å²) in [6.45, 7) is 6.79. The molecule has 1 fully saturated rings. The number of carboxylic acid groups (broad SMARTS) is 1. The molecule has 1 aliphatic rings. The van der Waals surface area contributed by atoms with Crippen LogP contribution in [0.5, 0.6) is 0 Å². The molecule has 0 spiro atoms. The van der Waals surface area contributed by atoms with Crippen molar-refractivity contribution in [1.82, 2.24) is 4.90 Å². The van der Waals surface area contributed by atoms with Crippen molar-refractivity contribution in [3.05, 3.63) is 0 Å². The van der Waals surface area contributed by atoms with Gasteiger partial charge in [0.25, 0.3) is 0 Å². The molecule has 1 aliphatic heterocycles. The van der Waals surface area contributed by atoms with E-state index in [1.54, 1.807) is 16.7 Å². The molecule has 1 saturated heterocycles. The number of nitrogens with zero attached hydrogens (tertiary/aromatic N) is 1. The summed E-state index contributed by atoms with van der Waals surface area (Å²) in [6.07, 6.45) is 1.03. The highest BCUT2D eigenvalue weighted by Gasteiger charge is 2.32. The summed E-state index contributed by atoms with van der Waals surface area (Å²) < 4.78 is 0. The van der Waals surface area contributed by atoms with E-state index < -0.39 is 5.97 Å². The smallest absolute Gasteiger partial charge is 0.305 e. The van der Waals surface area contributed by atoms with Crippen molar-refractivity contribution in [1.29, 1.82) is 0 Å². The first-order valence-electron chi connectivity index (χ1n) is 6.57. The molecule has 3 atom stereocenters. The van der Waals surface area contributed by atoms with E-state index in [9.17, 15) is 9.59 Å². The molecule has 0 aromatic heterocycles. The van der Waals surface area contributed by atoms with E-state index in [4.69, 9.17) is 5.11 Å². The first-order chi connectivity index (χ1) is 8.47. The molecule has 0 radical (unpaired) electrons. The molecule has 0 aromatic rings. The summed E-state index contributed by atoms with van der Waals surface area (Å²) >= 11 is 1.73. The highest BCUT2D eigenvalue weighted by atomic mass is 32.2. The van der Waals surface area contributed by atoms with Crippen LogP contribution in [0.15, 0.2) is 0 Å². The summed E-state index contributed by atoms with van der Waals surface area (Å²) in [6, 6.07) is -0.139. The molecule has 0 bridgehead atoms. The van der Waals surface area contributed by atoms with Crippen LogP contribution in [0.1, 0.15) is 33.6 Å². The van der Waals surface area contributed by atoms with Crippen molar-refractivity contribution < 1.29 is 14.7 Å². The van der Waals surface area contributed by atoms with Crippen molar-refractivity contribution in [2.24, 2.45) is 11.8 Å². The largest absolute Gasteiger partial charge is 0.481 e. The summed E-state index contributed by atoms with van der Waals surface area (Å²) in [5, 5.41) is 8.91. The molecule has 1 heterocycles. The van der Waals surface area contributed by atoms with Gasteiger partial charge in [0.1, 0.15) is 0 Å². The third-order valence-electron chi connectivity index (χ3n) is 3.81. The fourth-order valence-electron chi connectivity index (χ4n) is 2.17. The maximum atomic E-state index is 12.4. The van der Waals surface area contributed by atoms with Crippen molar-refractivity contribution in [3.63, 3.8) is 0 Å². The van der Waals surface area contributed by atoms with Crippen LogP contribution in [0, 0.1) is 11.8 Å². The Hall–Kier alpha value is -0.710. The van der Waals surface area contributed by atoms with Gasteiger partial charge < -0.3 is 10.0 Å². The Morgan fingerprint density at radius 3 is 2.67 bits per heavy atom. The zero-order chi connectivity index (χ0) is 13.7. The van der Waals surface area contributed by atoms with E-state index in [0.29, 0.717) is 12.5 Å². The highest BCUT2D eigenvalue weighted by molar-refractivity contribution is 7.99. The fraction of sp³-hybridized carbons (Fsp3) is 0.846. The second kappa shape index (κ2) is 7.02. The molecule has 1 amide bonds. The van der Waals surface area contributed by atoms with Crippen LogP contribution in [0.4, 0.5) is 0 Å². The van der Waals surface area contributed by atoms with Crippen molar-refractivity contribution in [2.45, 2.75) is 39.7 Å². The molecule has 3 unspecified atom stereocenters. The van der Waals surface area contributed by atoms with Crippen LogP contribution in [0.3, 0.4) is 0 Å². The van der Waals surface area contributed by atoms with E-state index >= 15 is 0 Å². The standard InChI is InChI=1S/C13H23NO3S/c1-4-9(2)10(3)13(17)14-5-6-18-8-11(14)7-12(15)16/h9-11H,4-8H2,1-3H3,(H,15,16). The molecule has 5 heteroatoms. The van der Waals surface area contributed by atoms with E-state index in [0.717, 1.165) is 17.9 Å². The van der Waals surface area contributed by atoms with Gasteiger partial charge in [0, 0.05) is 24.0 Å². The topological polar surface area (TPSA) is 57.6 Å². The Kier molecular flexibility index (Phi) is 5.99. The average molecular weight is 273 g/mol. The number of amides is 1. The molecule has 4 nitrogen and oxygen atoms in total. The lowest BCUT2D eigenvalue weighted by atomic mass is 9.91. The number of aliphatic carboxylic acids is 1. The monoisotopic (exact) mass is 273 g/mol. The fourth-order valence-corrected chi connectivity index (χ4v) is 3.24. The lowest BCUT2D eigenvalue weighted by Gasteiger charge is -2.37. The summed E-state index contributed by atoms with van der Waals surface area (Å²) in [5.41, 5.74) is 0. The zero-order valence-electron chi connectivity index (χ0n) is 11.4. The van der Waals surface area contributed by atoms with Gasteiger partial charge in [-0.2, -0.15) is 11.8 Å². The predicted molar refractivity (Wildman–Crippen MR) is 73.7 cm³/mol. The molecule has 104 valence electrons. The number of thioether (sulfide) groups is 1. The average Bonchev–Trinajstić information content (AvgIpc) is 2.36. The molecular formula is C13H23NO3S. The predicted octanol–water partition coefficient (Wildman–Crippen LogP) is 2.09. The van der Waals surface area contributed by atoms with Gasteiger partial charge in [-0.1, -0.05) is 27.2 Å². The molecule has 1 rings (SSSR count). The van der Waals surface area contributed by atoms with Gasteiger partial charge >= 0.3 is 5.97 Å². The molecule has 1 N–H and O–H groups in total. The SMILES string of the molecule is CCC(C)C(C)C(=O)N1CCSCC1CC(=O)O. The van der Waals surface area contributed by atoms with Crippen LogP contribution in [-0.2, 0) is 9.59 Å². The second-order valence-electron chi connectivity index (χ2n) is 5.03. The molecule has 0 aromatic carbocycles. The first-order valence-corrected chi connectivity index (χ1v) is 7.72. The molecule has 18 heavy (non-hydrogen) atoms. The van der Waals surface area contributed by atoms with Gasteiger partial charge in [-0.3, -0.25) is 9.59 Å². The minimum Gasteiger partial charge on any atom is -0.481 e. The lowest BCUT2D eigenvalue weighted by Crippen LogP contribution is -2.49. The van der Waals surface area contributed by atoms with Crippen molar-refractivity contribution in [2.75, 3.05) is 18.1 Å². The van der Waals surface area contributed by atoms with E-state index in [1.165, 1.54) is 0 Å². The van der Waals surface area contributed by atoms with Crippen molar-refractivity contribution >= 4 is 23.6 Å². The molecule has 0 saturated carbocycles. The number of carbonyl (C=O) groups is 2. The van der Waals surface area contributed by atoms with Crippen LogP contribution >= 0.6 is 11.8 Å². The van der Waals surface area contributed by atoms with Crippen LogP contribution in [0.2, 0.25) is 0 Å². The quantitative estimate of drug-likeness (QED) is 0.833. The Morgan fingerprint density at radius 2 is 2.11 bits per heavy atom. The van der Waals surface area contributed by atoms with Gasteiger partial charge in [-0.05, 0) is 5.92 Å². The Bertz CT molecular complexity index is 309. The number of hydrogen-bond donors (Lipinski definition) is 1. The van der Waals surface area contributed by atoms with Gasteiger partial charge in [-0.25, -0.2) is 0 Å². The maximum absolute atomic E-state index is 12.4. The molecular weight excluding hydrogens is 250 g/mol. The lowest BCUT2D eigenvalue weighted by molar-refractivity contribution is -0.142. The van der Waals surface area contributed by atoms with Crippen LogP contribution in [-0.4, -0.2) is 46.0 Å². The highest BCUT2D eigenvalue weighted by Crippen LogP contribution is 2.24. The maximum Gasteiger partial charge on any atom is 0.305 e. The minimum atomic E-state index is -0.823. The van der Waals surface area contributed by atoms with E-state index in [-0.39, 0.29) is 24.3 Å². The normalized spacial score (nSPS) is 23.5. The third kappa shape index (κ3) is 3.90. The Balaban J connectivity index is 2.70. The minimum absolute atomic E-state index is 0.0191. The van der Waals surface area contributed by atoms with Crippen molar-refractivity contribution in [3.8, 4) is 0 Å². The summed E-state index contributed by atoms with van der Waals surface area (Å²) in [5.74, 6) is 1.28. The van der Waals surface area contributed by atoms with Gasteiger partial charge in [0.2, 0.25) is 5.91 Å². The van der Waals surface area contributed by atoms with Crippen LogP contribution in [0.25, 0.3) is 0 Å². The first kappa shape index (κ1) is 15.3. The third-order valence-corrected chi connectivity index (χ3v) is 4.90. The van der Waals surface area contributed by atoms with E-state index in [1.807, 2.05) is 6.92 Å². The second-order valence-corrected chi connectivity index (χ2v) is 6.18. The number of carboxylic acids is 1. The Morgan fingerprint density at radius 1 is 1.44 bits per heavy atom. The van der Waals surface area contributed by atoms with Crippen LogP contribution < -0.4 is 0 Å². The number of carbonyl (C=O) groups excluding carboxylic acids is 1. The zero-order valence-corrected chi connectivity index (χ0v) is 12.2.